The highest BCUT2D eigenvalue weighted by atomic mass is 32.2. The minimum Gasteiger partial charge on any atom is -0.317 e. The summed E-state index contributed by atoms with van der Waals surface area (Å²) in [6, 6.07) is 4.21. The molecule has 0 radical (unpaired) electrons. The molecule has 0 aliphatic carbocycles. The summed E-state index contributed by atoms with van der Waals surface area (Å²) < 4.78 is 23.2. The molecule has 0 amide bonds. The van der Waals surface area contributed by atoms with Gasteiger partial charge in [0.05, 0.1) is 11.5 Å². The van der Waals surface area contributed by atoms with Gasteiger partial charge in [0, 0.05) is 4.88 Å². The lowest BCUT2D eigenvalue weighted by atomic mass is 9.88. The van der Waals surface area contributed by atoms with Gasteiger partial charge in [-0.15, -0.1) is 11.3 Å². The van der Waals surface area contributed by atoms with Gasteiger partial charge in [0.2, 0.25) is 0 Å². The van der Waals surface area contributed by atoms with Crippen LogP contribution in [0.3, 0.4) is 0 Å². The van der Waals surface area contributed by atoms with E-state index in [1.54, 1.807) is 11.3 Å². The predicted octanol–water partition coefficient (Wildman–Crippen LogP) is 1.95. The summed E-state index contributed by atoms with van der Waals surface area (Å²) in [4.78, 5) is 1.36. The second-order valence-corrected chi connectivity index (χ2v) is 8.28. The third-order valence-electron chi connectivity index (χ3n) is 3.63. The highest BCUT2D eigenvalue weighted by Gasteiger charge is 2.33. The quantitative estimate of drug-likeness (QED) is 0.870. The Bertz CT molecular complexity index is 453. The Balaban J connectivity index is 2.01. The summed E-state index contributed by atoms with van der Waals surface area (Å²) in [5.74, 6) is 1.54. The van der Waals surface area contributed by atoms with Gasteiger partial charge in [0.1, 0.15) is 0 Å². The first-order valence-corrected chi connectivity index (χ1v) is 9.24. The highest BCUT2D eigenvalue weighted by molar-refractivity contribution is 7.91. The monoisotopic (exact) mass is 287 g/mol. The van der Waals surface area contributed by atoms with Crippen molar-refractivity contribution < 1.29 is 8.42 Å². The van der Waals surface area contributed by atoms with Gasteiger partial charge in [-0.2, -0.15) is 0 Å². The molecule has 0 bridgehead atoms. The van der Waals surface area contributed by atoms with E-state index in [1.165, 1.54) is 4.88 Å². The standard InChI is InChI=1S/C13H21NO2S2/c1-2-14-9-12(8-13-4-3-6-17-13)11-5-7-18(15,16)10-11/h3-4,6,11-12,14H,2,5,7-10H2,1H3. The maximum Gasteiger partial charge on any atom is 0.150 e. The largest absolute Gasteiger partial charge is 0.317 e. The Morgan fingerprint density at radius 3 is 2.94 bits per heavy atom. The van der Waals surface area contributed by atoms with Gasteiger partial charge < -0.3 is 5.32 Å². The van der Waals surface area contributed by atoms with Crippen molar-refractivity contribution in [2.75, 3.05) is 24.6 Å². The Morgan fingerprint density at radius 1 is 1.56 bits per heavy atom. The molecule has 102 valence electrons. The summed E-state index contributed by atoms with van der Waals surface area (Å²) in [7, 11) is -2.77. The van der Waals surface area contributed by atoms with Gasteiger partial charge in [0.25, 0.3) is 0 Å². The van der Waals surface area contributed by atoms with Crippen LogP contribution in [0.4, 0.5) is 0 Å². The molecule has 0 spiro atoms. The number of thiophene rings is 1. The van der Waals surface area contributed by atoms with Crippen LogP contribution in [-0.4, -0.2) is 33.0 Å². The third kappa shape index (κ3) is 3.80. The summed E-state index contributed by atoms with van der Waals surface area (Å²) in [6.45, 7) is 3.96. The van der Waals surface area contributed by atoms with Crippen molar-refractivity contribution in [2.45, 2.75) is 19.8 Å². The minimum absolute atomic E-state index is 0.330. The zero-order valence-electron chi connectivity index (χ0n) is 10.8. The minimum atomic E-state index is -2.77. The number of nitrogens with one attached hydrogen (secondary N) is 1. The van der Waals surface area contributed by atoms with Crippen molar-refractivity contribution in [1.29, 1.82) is 0 Å². The highest BCUT2D eigenvalue weighted by Crippen LogP contribution is 2.29. The molecule has 2 unspecified atom stereocenters. The lowest BCUT2D eigenvalue weighted by Gasteiger charge is -2.22. The van der Waals surface area contributed by atoms with Crippen LogP contribution >= 0.6 is 11.3 Å². The molecule has 2 atom stereocenters. The van der Waals surface area contributed by atoms with Crippen molar-refractivity contribution in [3.05, 3.63) is 22.4 Å². The second kappa shape index (κ2) is 6.17. The van der Waals surface area contributed by atoms with Crippen LogP contribution in [0.25, 0.3) is 0 Å². The van der Waals surface area contributed by atoms with Gasteiger partial charge in [-0.25, -0.2) is 8.42 Å². The summed E-state index contributed by atoms with van der Waals surface area (Å²) in [5, 5.41) is 5.46. The molecular weight excluding hydrogens is 266 g/mol. The Labute approximate surface area is 114 Å². The molecule has 0 saturated carbocycles. The number of sulfone groups is 1. The molecule has 3 nitrogen and oxygen atoms in total. The molecule has 1 N–H and O–H groups in total. The van der Waals surface area contributed by atoms with E-state index in [4.69, 9.17) is 0 Å². The third-order valence-corrected chi connectivity index (χ3v) is 6.33. The SMILES string of the molecule is CCNCC(Cc1cccs1)C1CCS(=O)(=O)C1. The van der Waals surface area contributed by atoms with Crippen LogP contribution in [-0.2, 0) is 16.3 Å². The molecule has 2 rings (SSSR count). The average Bonchev–Trinajstić information content (AvgIpc) is 2.93. The van der Waals surface area contributed by atoms with Crippen LogP contribution in [0.5, 0.6) is 0 Å². The average molecular weight is 287 g/mol. The van der Waals surface area contributed by atoms with E-state index in [1.807, 2.05) is 0 Å². The fourth-order valence-electron chi connectivity index (χ4n) is 2.62. The molecule has 1 aliphatic heterocycles. The molecule has 1 aliphatic rings. The maximum atomic E-state index is 11.6. The van der Waals surface area contributed by atoms with Crippen LogP contribution in [0.2, 0.25) is 0 Å². The van der Waals surface area contributed by atoms with Gasteiger partial charge in [0.15, 0.2) is 9.84 Å². The second-order valence-electron chi connectivity index (χ2n) is 5.01. The Morgan fingerprint density at radius 2 is 2.39 bits per heavy atom. The lowest BCUT2D eigenvalue weighted by molar-refractivity contribution is 0.348. The first kappa shape index (κ1) is 14.0. The van der Waals surface area contributed by atoms with Crippen molar-refractivity contribution in [1.82, 2.24) is 5.32 Å². The molecule has 2 heterocycles. The molecule has 1 aromatic heterocycles. The normalized spacial score (nSPS) is 24.2. The molecule has 1 aromatic rings. The summed E-state index contributed by atoms with van der Waals surface area (Å²) in [6.07, 6.45) is 1.84. The molecule has 5 heteroatoms. The van der Waals surface area contributed by atoms with E-state index in [2.05, 4.69) is 29.8 Å². The first-order valence-electron chi connectivity index (χ1n) is 6.54. The van der Waals surface area contributed by atoms with Crippen molar-refractivity contribution in [2.24, 2.45) is 11.8 Å². The van der Waals surface area contributed by atoms with Crippen LogP contribution in [0, 0.1) is 11.8 Å². The smallest absolute Gasteiger partial charge is 0.150 e. The topological polar surface area (TPSA) is 46.2 Å². The number of hydrogen-bond acceptors (Lipinski definition) is 4. The molecule has 18 heavy (non-hydrogen) atoms. The lowest BCUT2D eigenvalue weighted by Crippen LogP contribution is -2.30. The molecule has 1 fully saturated rings. The Kier molecular flexibility index (Phi) is 4.81. The van der Waals surface area contributed by atoms with Crippen LogP contribution in [0.1, 0.15) is 18.2 Å². The van der Waals surface area contributed by atoms with E-state index in [-0.39, 0.29) is 0 Å². The van der Waals surface area contributed by atoms with Crippen molar-refractivity contribution >= 4 is 21.2 Å². The van der Waals surface area contributed by atoms with Crippen molar-refractivity contribution in [3.63, 3.8) is 0 Å². The fourth-order valence-corrected chi connectivity index (χ4v) is 5.34. The zero-order valence-corrected chi connectivity index (χ0v) is 12.4. The maximum absolute atomic E-state index is 11.6. The van der Waals surface area contributed by atoms with E-state index in [0.717, 1.165) is 25.9 Å². The first-order chi connectivity index (χ1) is 8.61. The molecular formula is C13H21NO2S2. The van der Waals surface area contributed by atoms with E-state index >= 15 is 0 Å². The van der Waals surface area contributed by atoms with E-state index in [0.29, 0.717) is 23.3 Å². The molecule has 1 saturated heterocycles. The number of hydrogen-bond donors (Lipinski definition) is 1. The summed E-state index contributed by atoms with van der Waals surface area (Å²) in [5.41, 5.74) is 0. The van der Waals surface area contributed by atoms with Crippen LogP contribution in [0.15, 0.2) is 17.5 Å². The van der Waals surface area contributed by atoms with Gasteiger partial charge in [-0.3, -0.25) is 0 Å². The van der Waals surface area contributed by atoms with Crippen molar-refractivity contribution in [3.8, 4) is 0 Å². The molecule has 0 aromatic carbocycles. The van der Waals surface area contributed by atoms with Gasteiger partial charge >= 0.3 is 0 Å². The summed E-state index contributed by atoms with van der Waals surface area (Å²) >= 11 is 1.77. The van der Waals surface area contributed by atoms with Gasteiger partial charge in [-0.05, 0) is 49.2 Å². The zero-order chi connectivity index (χ0) is 13.0. The Hall–Kier alpha value is -0.390. The predicted molar refractivity (Wildman–Crippen MR) is 76.8 cm³/mol. The van der Waals surface area contributed by atoms with E-state index < -0.39 is 9.84 Å². The fraction of sp³-hybridized carbons (Fsp3) is 0.692. The van der Waals surface area contributed by atoms with Gasteiger partial charge in [-0.1, -0.05) is 13.0 Å². The van der Waals surface area contributed by atoms with E-state index in [9.17, 15) is 8.42 Å². The number of rotatable bonds is 6. The van der Waals surface area contributed by atoms with Crippen LogP contribution < -0.4 is 5.32 Å².